The van der Waals surface area contributed by atoms with E-state index in [9.17, 15) is 9.59 Å². The minimum atomic E-state index is -1.02. The summed E-state index contributed by atoms with van der Waals surface area (Å²) in [7, 11) is 0. The van der Waals surface area contributed by atoms with Gasteiger partial charge in [0.25, 0.3) is 5.20 Å². The normalized spacial score (nSPS) is 14.4. The first-order chi connectivity index (χ1) is 12.4. The highest BCUT2D eigenvalue weighted by Crippen LogP contribution is 2.36. The van der Waals surface area contributed by atoms with Gasteiger partial charge in [-0.2, -0.15) is 0 Å². The summed E-state index contributed by atoms with van der Waals surface area (Å²) in [5.41, 5.74) is 6.20. The quantitative estimate of drug-likeness (QED) is 0.613. The molecule has 1 aliphatic heterocycles. The Morgan fingerprint density at radius 3 is 2.62 bits per heavy atom. The smallest absolute Gasteiger partial charge is 0.354 e. The van der Waals surface area contributed by atoms with E-state index in [1.54, 1.807) is 42.7 Å². The van der Waals surface area contributed by atoms with Crippen LogP contribution in [0.2, 0.25) is 0 Å². The third-order valence-electron chi connectivity index (χ3n) is 3.38. The molecule has 1 aromatic carbocycles. The van der Waals surface area contributed by atoms with Crippen LogP contribution in [0, 0.1) is 0 Å². The molecule has 0 saturated carbocycles. The number of hydrogen-bond donors (Lipinski definition) is 2. The fraction of sp³-hybridized carbons (Fsp3) is 0.0588. The van der Waals surface area contributed by atoms with Crippen molar-refractivity contribution in [1.82, 2.24) is 9.97 Å². The van der Waals surface area contributed by atoms with Crippen molar-refractivity contribution in [2.24, 2.45) is 5.73 Å². The highest BCUT2D eigenvalue weighted by Gasteiger charge is 2.22. The summed E-state index contributed by atoms with van der Waals surface area (Å²) in [5, 5.41) is 9.03. The lowest BCUT2D eigenvalue weighted by Gasteiger charge is -1.97. The van der Waals surface area contributed by atoms with E-state index in [0.717, 1.165) is 5.39 Å². The number of halogens is 1. The molecule has 2 aromatic heterocycles. The number of carbonyl (C=O) groups is 2. The Bertz CT molecular complexity index is 995. The Kier molecular flexibility index (Phi) is 4.99. The molecule has 132 valence electrons. The van der Waals surface area contributed by atoms with Crippen LogP contribution in [0.4, 0.5) is 0 Å². The van der Waals surface area contributed by atoms with Gasteiger partial charge in [0.1, 0.15) is 5.69 Å². The number of amides is 1. The number of ether oxygens (including phenoxy) is 2. The van der Waals surface area contributed by atoms with Crippen molar-refractivity contribution in [2.75, 3.05) is 0 Å². The van der Waals surface area contributed by atoms with Gasteiger partial charge >= 0.3 is 5.97 Å². The van der Waals surface area contributed by atoms with E-state index >= 15 is 0 Å². The predicted molar refractivity (Wildman–Crippen MR) is 95.4 cm³/mol. The molecule has 1 amide bonds. The standard InChI is InChI=1S/C9H6N2O2.C8H6BrNO3/c12-9(13)8-2-1-6-5-10-4-3-7(6)11-8;9-8-12-5-2-1-4(7(10)11)3-6(5)13-8/h1-5H,(H,12,13);1-3,8H,(H2,10,11). The van der Waals surface area contributed by atoms with E-state index in [4.69, 9.17) is 20.3 Å². The van der Waals surface area contributed by atoms with Crippen molar-refractivity contribution in [1.29, 1.82) is 0 Å². The molecule has 1 aliphatic rings. The number of primary amides is 1. The van der Waals surface area contributed by atoms with Gasteiger partial charge in [-0.05, 0) is 36.4 Å². The number of benzene rings is 1. The fourth-order valence-electron chi connectivity index (χ4n) is 2.16. The average molecular weight is 418 g/mol. The summed E-state index contributed by atoms with van der Waals surface area (Å²) in [6.45, 7) is 0. The summed E-state index contributed by atoms with van der Waals surface area (Å²) < 4.78 is 10.4. The number of aromatic carboxylic acids is 1. The third kappa shape index (κ3) is 3.89. The van der Waals surface area contributed by atoms with Crippen molar-refractivity contribution in [3.8, 4) is 11.5 Å². The SMILES string of the molecule is NC(=O)c1ccc2c(c1)OC(Br)O2.O=C(O)c1ccc2cnccc2n1. The van der Waals surface area contributed by atoms with Crippen LogP contribution in [-0.4, -0.2) is 32.2 Å². The summed E-state index contributed by atoms with van der Waals surface area (Å²) in [6, 6.07) is 9.64. The van der Waals surface area contributed by atoms with Gasteiger partial charge in [0.15, 0.2) is 11.5 Å². The number of carboxylic acids is 1. The van der Waals surface area contributed by atoms with E-state index in [0.29, 0.717) is 22.6 Å². The van der Waals surface area contributed by atoms with Crippen LogP contribution in [0.25, 0.3) is 10.9 Å². The third-order valence-corrected chi connectivity index (χ3v) is 3.75. The monoisotopic (exact) mass is 417 g/mol. The van der Waals surface area contributed by atoms with E-state index in [1.807, 2.05) is 0 Å². The molecule has 0 bridgehead atoms. The molecule has 9 heteroatoms. The van der Waals surface area contributed by atoms with Crippen LogP contribution in [0.5, 0.6) is 11.5 Å². The summed E-state index contributed by atoms with van der Waals surface area (Å²) in [6.07, 6.45) is 3.23. The van der Waals surface area contributed by atoms with Gasteiger partial charge in [-0.1, -0.05) is 0 Å². The Labute approximate surface area is 155 Å². The zero-order chi connectivity index (χ0) is 18.7. The Morgan fingerprint density at radius 1 is 1.12 bits per heavy atom. The number of hydrogen-bond acceptors (Lipinski definition) is 6. The van der Waals surface area contributed by atoms with Gasteiger partial charge in [0, 0.05) is 39.3 Å². The van der Waals surface area contributed by atoms with Crippen LogP contribution in [0.1, 0.15) is 20.8 Å². The molecule has 0 saturated heterocycles. The number of alkyl halides is 1. The first-order valence-corrected chi connectivity index (χ1v) is 8.21. The second kappa shape index (κ2) is 7.36. The van der Waals surface area contributed by atoms with Crippen LogP contribution in [0.3, 0.4) is 0 Å². The second-order valence-corrected chi connectivity index (χ2v) is 5.85. The molecule has 3 heterocycles. The van der Waals surface area contributed by atoms with Crippen LogP contribution in [-0.2, 0) is 0 Å². The maximum Gasteiger partial charge on any atom is 0.354 e. The molecule has 8 nitrogen and oxygen atoms in total. The largest absolute Gasteiger partial charge is 0.477 e. The number of carbonyl (C=O) groups excluding carboxylic acids is 1. The first-order valence-electron chi connectivity index (χ1n) is 7.29. The highest BCUT2D eigenvalue weighted by atomic mass is 79.9. The molecule has 0 spiro atoms. The lowest BCUT2D eigenvalue weighted by Crippen LogP contribution is -2.10. The zero-order valence-corrected chi connectivity index (χ0v) is 14.7. The van der Waals surface area contributed by atoms with Gasteiger partial charge < -0.3 is 20.3 Å². The van der Waals surface area contributed by atoms with Gasteiger partial charge in [-0.3, -0.25) is 9.78 Å². The molecule has 3 N–H and O–H groups in total. The average Bonchev–Trinajstić information content (AvgIpc) is 3.00. The van der Waals surface area contributed by atoms with Crippen molar-refractivity contribution in [2.45, 2.75) is 5.20 Å². The van der Waals surface area contributed by atoms with Gasteiger partial charge in [0.05, 0.1) is 5.52 Å². The predicted octanol–water partition coefficient (Wildman–Crippen LogP) is 2.56. The summed E-state index contributed by atoms with van der Waals surface area (Å²) in [5.74, 6) is -0.367. The van der Waals surface area contributed by atoms with Gasteiger partial charge in [-0.25, -0.2) is 9.78 Å². The number of nitrogens with zero attached hydrogens (tertiary/aromatic N) is 2. The molecular weight excluding hydrogens is 406 g/mol. The van der Waals surface area contributed by atoms with Crippen LogP contribution >= 0.6 is 15.9 Å². The highest BCUT2D eigenvalue weighted by molar-refractivity contribution is 9.09. The van der Waals surface area contributed by atoms with Gasteiger partial charge in [0.2, 0.25) is 5.91 Å². The van der Waals surface area contributed by atoms with E-state index in [-0.39, 0.29) is 5.69 Å². The molecule has 1 unspecified atom stereocenters. The summed E-state index contributed by atoms with van der Waals surface area (Å²) >= 11 is 3.12. The lowest BCUT2D eigenvalue weighted by molar-refractivity contribution is 0.0690. The molecular formula is C17H12BrN3O5. The second-order valence-electron chi connectivity index (χ2n) is 5.11. The maximum atomic E-state index is 10.8. The Hall–Kier alpha value is -3.20. The topological polar surface area (TPSA) is 125 Å². The number of carboxylic acid groups (broad SMARTS) is 1. The molecule has 0 aliphatic carbocycles. The first kappa shape index (κ1) is 17.6. The van der Waals surface area contributed by atoms with Crippen molar-refractivity contribution >= 4 is 38.7 Å². The molecule has 1 atom stereocenters. The Balaban J connectivity index is 0.000000151. The molecule has 0 fully saturated rings. The van der Waals surface area contributed by atoms with E-state index < -0.39 is 17.1 Å². The molecule has 3 aromatic rings. The summed E-state index contributed by atoms with van der Waals surface area (Å²) in [4.78, 5) is 29.2. The van der Waals surface area contributed by atoms with E-state index in [1.165, 1.54) is 6.07 Å². The number of fused-ring (bicyclic) bond motifs is 2. The van der Waals surface area contributed by atoms with Crippen LogP contribution in [0.15, 0.2) is 48.8 Å². The van der Waals surface area contributed by atoms with E-state index in [2.05, 4.69) is 25.9 Å². The molecule has 0 radical (unpaired) electrons. The van der Waals surface area contributed by atoms with Crippen molar-refractivity contribution in [3.05, 3.63) is 60.0 Å². The van der Waals surface area contributed by atoms with Crippen molar-refractivity contribution in [3.63, 3.8) is 0 Å². The molecule has 26 heavy (non-hydrogen) atoms. The van der Waals surface area contributed by atoms with Gasteiger partial charge in [-0.15, -0.1) is 0 Å². The number of pyridine rings is 2. The number of nitrogens with two attached hydrogens (primary N) is 1. The number of aromatic nitrogens is 2. The maximum absolute atomic E-state index is 10.8. The Morgan fingerprint density at radius 2 is 1.88 bits per heavy atom. The number of rotatable bonds is 2. The minimum Gasteiger partial charge on any atom is -0.477 e. The van der Waals surface area contributed by atoms with Crippen LogP contribution < -0.4 is 15.2 Å². The molecule has 4 rings (SSSR count). The fourth-order valence-corrected chi connectivity index (χ4v) is 2.56. The minimum absolute atomic E-state index is 0.0544. The van der Waals surface area contributed by atoms with Crippen molar-refractivity contribution < 1.29 is 24.2 Å². The lowest BCUT2D eigenvalue weighted by atomic mass is 10.2. The zero-order valence-electron chi connectivity index (χ0n) is 13.1.